The maximum absolute atomic E-state index is 8.85. The molecule has 1 N–H and O–H groups in total. The van der Waals surface area contributed by atoms with Crippen molar-refractivity contribution in [2.45, 2.75) is 39.5 Å². The molecule has 0 aromatic carbocycles. The molecule has 1 nitrogen and oxygen atoms in total. The molecule has 0 aliphatic heterocycles. The number of allylic oxidation sites excluding steroid dienone is 2. The Labute approximate surface area is 70.1 Å². The lowest BCUT2D eigenvalue weighted by atomic mass is 10.0. The molecule has 0 aliphatic rings. The normalized spacial score (nSPS) is 14.1. The third-order valence-electron chi connectivity index (χ3n) is 1.93. The van der Waals surface area contributed by atoms with E-state index in [1.165, 1.54) is 12.8 Å². The van der Waals surface area contributed by atoms with E-state index in [-0.39, 0.29) is 0 Å². The molecule has 0 aromatic heterocycles. The second kappa shape index (κ2) is 7.80. The van der Waals surface area contributed by atoms with Crippen LogP contribution >= 0.6 is 0 Å². The quantitative estimate of drug-likeness (QED) is 0.586. The Kier molecular flexibility index (Phi) is 7.59. The van der Waals surface area contributed by atoms with Crippen molar-refractivity contribution >= 4 is 0 Å². The number of aliphatic hydroxyl groups is 1. The molecule has 0 radical (unpaired) electrons. The highest BCUT2D eigenvalue weighted by Crippen LogP contribution is 2.07. The van der Waals surface area contributed by atoms with Crippen molar-refractivity contribution in [3.63, 3.8) is 0 Å². The summed E-state index contributed by atoms with van der Waals surface area (Å²) in [5.41, 5.74) is 0. The first-order chi connectivity index (χ1) is 5.35. The first kappa shape index (κ1) is 10.7. The van der Waals surface area contributed by atoms with Gasteiger partial charge in [0.1, 0.15) is 0 Å². The summed E-state index contributed by atoms with van der Waals surface area (Å²) in [6.07, 6.45) is 8.89. The van der Waals surface area contributed by atoms with Crippen LogP contribution in [0.25, 0.3) is 0 Å². The van der Waals surface area contributed by atoms with E-state index in [0.717, 1.165) is 12.8 Å². The van der Waals surface area contributed by atoms with Gasteiger partial charge in [0.2, 0.25) is 0 Å². The first-order valence-corrected chi connectivity index (χ1v) is 4.61. The lowest BCUT2D eigenvalue weighted by Gasteiger charge is -2.06. The van der Waals surface area contributed by atoms with Gasteiger partial charge in [-0.2, -0.15) is 0 Å². The van der Waals surface area contributed by atoms with Gasteiger partial charge in [-0.1, -0.05) is 38.8 Å². The zero-order chi connectivity index (χ0) is 8.53. The summed E-state index contributed by atoms with van der Waals surface area (Å²) in [7, 11) is 0. The molecule has 0 spiro atoms. The Bertz CT molecular complexity index is 93.0. The van der Waals surface area contributed by atoms with Gasteiger partial charge in [-0.15, -0.1) is 0 Å². The van der Waals surface area contributed by atoms with Gasteiger partial charge >= 0.3 is 0 Å². The van der Waals surface area contributed by atoms with Crippen LogP contribution < -0.4 is 0 Å². The van der Waals surface area contributed by atoms with Crippen LogP contribution in [0, 0.1) is 5.92 Å². The van der Waals surface area contributed by atoms with Crippen LogP contribution in [0.3, 0.4) is 0 Å². The van der Waals surface area contributed by atoms with Crippen LogP contribution in [-0.4, -0.2) is 11.7 Å². The Morgan fingerprint density at radius 3 is 2.45 bits per heavy atom. The molecule has 1 heteroatoms. The molecule has 11 heavy (non-hydrogen) atoms. The van der Waals surface area contributed by atoms with E-state index in [1.54, 1.807) is 0 Å². The minimum atomic E-state index is 0.326. The van der Waals surface area contributed by atoms with Crippen molar-refractivity contribution in [1.82, 2.24) is 0 Å². The maximum atomic E-state index is 8.85. The van der Waals surface area contributed by atoms with Gasteiger partial charge in [0.25, 0.3) is 0 Å². The highest BCUT2D eigenvalue weighted by Gasteiger charge is 1.99. The van der Waals surface area contributed by atoms with Gasteiger partial charge in [0.15, 0.2) is 0 Å². The summed E-state index contributed by atoms with van der Waals surface area (Å²) < 4.78 is 0. The van der Waals surface area contributed by atoms with Crippen molar-refractivity contribution in [3.8, 4) is 0 Å². The minimum Gasteiger partial charge on any atom is -0.396 e. The molecule has 0 amide bonds. The zero-order valence-electron chi connectivity index (χ0n) is 7.71. The molecule has 1 atom stereocenters. The fourth-order valence-electron chi connectivity index (χ4n) is 0.943. The van der Waals surface area contributed by atoms with E-state index < -0.39 is 0 Å². The molecular weight excluding hydrogens is 136 g/mol. The van der Waals surface area contributed by atoms with Crippen molar-refractivity contribution in [2.24, 2.45) is 5.92 Å². The number of unbranched alkanes of at least 4 members (excludes halogenated alkanes) is 1. The maximum Gasteiger partial charge on any atom is 0.0462 e. The fraction of sp³-hybridized carbons (Fsp3) is 0.800. The third kappa shape index (κ3) is 6.11. The van der Waals surface area contributed by atoms with Crippen molar-refractivity contribution in [1.29, 1.82) is 0 Å². The van der Waals surface area contributed by atoms with E-state index in [9.17, 15) is 0 Å². The van der Waals surface area contributed by atoms with Crippen molar-refractivity contribution in [2.75, 3.05) is 6.61 Å². The third-order valence-corrected chi connectivity index (χ3v) is 1.93. The van der Waals surface area contributed by atoms with E-state index in [2.05, 4.69) is 26.0 Å². The predicted molar refractivity (Wildman–Crippen MR) is 49.5 cm³/mol. The lowest BCUT2D eigenvalue weighted by molar-refractivity contribution is 0.224. The summed E-state index contributed by atoms with van der Waals surface area (Å²) in [5, 5.41) is 8.85. The predicted octanol–water partition coefficient (Wildman–Crippen LogP) is 2.75. The topological polar surface area (TPSA) is 20.2 Å². The molecule has 0 bridgehead atoms. The van der Waals surface area contributed by atoms with Gasteiger partial charge in [0, 0.05) is 6.61 Å². The molecule has 0 rings (SSSR count). The summed E-state index contributed by atoms with van der Waals surface area (Å²) in [5.74, 6) is 0.475. The van der Waals surface area contributed by atoms with Crippen LogP contribution in [0.15, 0.2) is 12.2 Å². The summed E-state index contributed by atoms with van der Waals surface area (Å²) in [6, 6.07) is 0. The highest BCUT2D eigenvalue weighted by atomic mass is 16.3. The van der Waals surface area contributed by atoms with Gasteiger partial charge in [-0.05, 0) is 18.8 Å². The smallest absolute Gasteiger partial charge is 0.0462 e. The molecule has 66 valence electrons. The van der Waals surface area contributed by atoms with E-state index >= 15 is 0 Å². The van der Waals surface area contributed by atoms with Gasteiger partial charge in [-0.3, -0.25) is 0 Å². The highest BCUT2D eigenvalue weighted by molar-refractivity contribution is 4.83. The molecule has 0 aliphatic carbocycles. The SMILES string of the molecule is CCC/C=C/CC(CC)CO. The molecule has 0 saturated carbocycles. The van der Waals surface area contributed by atoms with Crippen LogP contribution in [0.4, 0.5) is 0 Å². The van der Waals surface area contributed by atoms with Crippen molar-refractivity contribution in [3.05, 3.63) is 12.2 Å². The molecule has 0 fully saturated rings. The summed E-state index contributed by atoms with van der Waals surface area (Å²) in [4.78, 5) is 0. The largest absolute Gasteiger partial charge is 0.396 e. The second-order valence-corrected chi connectivity index (χ2v) is 2.95. The standard InChI is InChI=1S/C10H20O/c1-3-5-6-7-8-10(4-2)9-11/h6-7,10-11H,3-5,8-9H2,1-2H3/b7-6+. The first-order valence-electron chi connectivity index (χ1n) is 4.61. The number of hydrogen-bond acceptors (Lipinski definition) is 1. The molecule has 0 heterocycles. The van der Waals surface area contributed by atoms with Crippen LogP contribution in [0.2, 0.25) is 0 Å². The Morgan fingerprint density at radius 1 is 1.27 bits per heavy atom. The zero-order valence-corrected chi connectivity index (χ0v) is 7.71. The van der Waals surface area contributed by atoms with E-state index in [1.807, 2.05) is 0 Å². The summed E-state index contributed by atoms with van der Waals surface area (Å²) >= 11 is 0. The van der Waals surface area contributed by atoms with E-state index in [4.69, 9.17) is 5.11 Å². The fourth-order valence-corrected chi connectivity index (χ4v) is 0.943. The average Bonchev–Trinajstić information content (AvgIpc) is 2.05. The lowest BCUT2D eigenvalue weighted by Crippen LogP contribution is -2.02. The number of rotatable bonds is 6. The van der Waals surface area contributed by atoms with Gasteiger partial charge < -0.3 is 5.11 Å². The molecule has 1 unspecified atom stereocenters. The molecule has 0 aromatic rings. The molecule has 0 saturated heterocycles. The average molecular weight is 156 g/mol. The Hall–Kier alpha value is -0.300. The van der Waals surface area contributed by atoms with Crippen molar-refractivity contribution < 1.29 is 5.11 Å². The van der Waals surface area contributed by atoms with Gasteiger partial charge in [0.05, 0.1) is 0 Å². The monoisotopic (exact) mass is 156 g/mol. The van der Waals surface area contributed by atoms with Gasteiger partial charge in [-0.25, -0.2) is 0 Å². The Morgan fingerprint density at radius 2 is 2.00 bits per heavy atom. The second-order valence-electron chi connectivity index (χ2n) is 2.95. The Balaban J connectivity index is 3.33. The van der Waals surface area contributed by atoms with E-state index in [0.29, 0.717) is 12.5 Å². The van der Waals surface area contributed by atoms with Crippen LogP contribution in [0.1, 0.15) is 39.5 Å². The number of aliphatic hydroxyl groups excluding tert-OH is 1. The number of hydrogen-bond donors (Lipinski definition) is 1. The summed E-state index contributed by atoms with van der Waals surface area (Å²) in [6.45, 7) is 4.62. The minimum absolute atomic E-state index is 0.326. The van der Waals surface area contributed by atoms with Crippen LogP contribution in [-0.2, 0) is 0 Å². The molecular formula is C10H20O. The van der Waals surface area contributed by atoms with Crippen LogP contribution in [0.5, 0.6) is 0 Å².